The number of thiazole rings is 1. The summed E-state index contributed by atoms with van der Waals surface area (Å²) in [5.41, 5.74) is 1.27. The maximum Gasteiger partial charge on any atom is 0.416 e. The second-order valence-corrected chi connectivity index (χ2v) is 11.6. The number of hydrogen-bond acceptors (Lipinski definition) is 6. The molecule has 5 rings (SSSR count). The monoisotopic (exact) mass is 559 g/mol. The van der Waals surface area contributed by atoms with Crippen molar-refractivity contribution < 1.29 is 27.2 Å². The van der Waals surface area contributed by atoms with Crippen LogP contribution in [0.15, 0.2) is 46.9 Å². The molecule has 0 bridgehead atoms. The number of carbonyl (C=O) groups excluding carboxylic acids is 2. The summed E-state index contributed by atoms with van der Waals surface area (Å²) >= 11 is 2.95. The summed E-state index contributed by atoms with van der Waals surface area (Å²) in [5.74, 6) is 0.178. The molecule has 0 radical (unpaired) electrons. The van der Waals surface area contributed by atoms with Gasteiger partial charge in [-0.05, 0) is 44.5 Å². The number of aryl methyl sites for hydroxylation is 3. The molecule has 3 heterocycles. The van der Waals surface area contributed by atoms with Crippen LogP contribution in [-0.2, 0) is 6.18 Å². The van der Waals surface area contributed by atoms with E-state index in [1.165, 1.54) is 23.1 Å². The molecule has 0 aliphatic carbocycles. The van der Waals surface area contributed by atoms with E-state index in [9.17, 15) is 22.8 Å². The Labute approximate surface area is 225 Å². The molecule has 1 unspecified atom stereocenters. The molecule has 1 atom stereocenters. The van der Waals surface area contributed by atoms with Gasteiger partial charge in [-0.3, -0.25) is 9.59 Å². The molecule has 11 heteroatoms. The minimum atomic E-state index is -4.63. The van der Waals surface area contributed by atoms with Gasteiger partial charge in [-0.1, -0.05) is 29.8 Å². The van der Waals surface area contributed by atoms with Gasteiger partial charge < -0.3 is 14.6 Å². The first-order chi connectivity index (χ1) is 18.0. The first-order valence-corrected chi connectivity index (χ1v) is 13.7. The summed E-state index contributed by atoms with van der Waals surface area (Å²) in [5, 5.41) is 3.43. The van der Waals surface area contributed by atoms with E-state index in [2.05, 4.69) is 10.3 Å². The Kier molecular flexibility index (Phi) is 6.99. The summed E-state index contributed by atoms with van der Waals surface area (Å²) in [7, 11) is 0. The van der Waals surface area contributed by atoms with Crippen LogP contribution in [0.3, 0.4) is 0 Å². The first-order valence-electron chi connectivity index (χ1n) is 11.9. The van der Waals surface area contributed by atoms with Crippen molar-refractivity contribution in [1.82, 2.24) is 15.2 Å². The molecule has 6 nitrogen and oxygen atoms in total. The molecule has 1 saturated heterocycles. The lowest BCUT2D eigenvalue weighted by atomic mass is 10.0. The molecule has 1 aliphatic rings. The van der Waals surface area contributed by atoms with Crippen LogP contribution >= 0.6 is 23.1 Å². The van der Waals surface area contributed by atoms with Crippen LogP contribution in [0.25, 0.3) is 21.4 Å². The molecular weight excluding hydrogens is 535 g/mol. The number of thioether (sulfide) groups is 1. The smallest absolute Gasteiger partial charge is 0.416 e. The molecular formula is C27H24F3N3O3S2. The van der Waals surface area contributed by atoms with Crippen molar-refractivity contribution in [2.24, 2.45) is 0 Å². The third-order valence-corrected chi connectivity index (χ3v) is 8.48. The number of fused-ring (bicyclic) bond motifs is 1. The van der Waals surface area contributed by atoms with E-state index < -0.39 is 17.6 Å². The highest BCUT2D eigenvalue weighted by Crippen LogP contribution is 2.36. The average Bonchev–Trinajstić information content (AvgIpc) is 3.58. The molecule has 0 saturated carbocycles. The zero-order valence-electron chi connectivity index (χ0n) is 20.8. The van der Waals surface area contributed by atoms with E-state index in [1.54, 1.807) is 17.9 Å². The third-order valence-electron chi connectivity index (χ3n) is 6.24. The van der Waals surface area contributed by atoms with Crippen molar-refractivity contribution in [3.8, 4) is 10.4 Å². The number of halogens is 3. The number of hydrogen-bond donors (Lipinski definition) is 1. The molecule has 38 heavy (non-hydrogen) atoms. The van der Waals surface area contributed by atoms with Crippen molar-refractivity contribution in [2.45, 2.75) is 32.3 Å². The topological polar surface area (TPSA) is 75.4 Å². The van der Waals surface area contributed by atoms with Crippen LogP contribution < -0.4 is 5.32 Å². The second-order valence-electron chi connectivity index (χ2n) is 9.10. The van der Waals surface area contributed by atoms with E-state index in [1.807, 2.05) is 38.1 Å². The van der Waals surface area contributed by atoms with Crippen LogP contribution in [-0.4, -0.2) is 45.9 Å². The fourth-order valence-corrected chi connectivity index (χ4v) is 6.57. The Morgan fingerprint density at radius 2 is 1.95 bits per heavy atom. The molecule has 2 aromatic carbocycles. The van der Waals surface area contributed by atoms with Gasteiger partial charge in [0, 0.05) is 24.2 Å². The highest BCUT2D eigenvalue weighted by Gasteiger charge is 2.35. The molecule has 0 spiro atoms. The van der Waals surface area contributed by atoms with Crippen LogP contribution in [0.1, 0.15) is 42.7 Å². The zero-order valence-corrected chi connectivity index (χ0v) is 22.4. The lowest BCUT2D eigenvalue weighted by Gasteiger charge is -2.24. The maximum atomic E-state index is 13.6. The molecule has 2 aromatic heterocycles. The summed E-state index contributed by atoms with van der Waals surface area (Å²) in [4.78, 5) is 33.7. The predicted molar refractivity (Wildman–Crippen MR) is 143 cm³/mol. The summed E-state index contributed by atoms with van der Waals surface area (Å²) in [6.07, 6.45) is -4.63. The van der Waals surface area contributed by atoms with Gasteiger partial charge in [0.1, 0.15) is 17.0 Å². The number of aromatic nitrogens is 1. The lowest BCUT2D eigenvalue weighted by Crippen LogP contribution is -2.42. The Morgan fingerprint density at radius 3 is 2.68 bits per heavy atom. The average molecular weight is 560 g/mol. The van der Waals surface area contributed by atoms with Gasteiger partial charge in [-0.2, -0.15) is 13.2 Å². The predicted octanol–water partition coefficient (Wildman–Crippen LogP) is 6.45. The van der Waals surface area contributed by atoms with Crippen LogP contribution in [0.4, 0.5) is 13.2 Å². The fourth-order valence-electron chi connectivity index (χ4n) is 4.51. The van der Waals surface area contributed by atoms with Gasteiger partial charge in [0.25, 0.3) is 11.8 Å². The number of furan rings is 1. The van der Waals surface area contributed by atoms with Crippen molar-refractivity contribution in [3.05, 3.63) is 75.6 Å². The minimum absolute atomic E-state index is 0.00268. The summed E-state index contributed by atoms with van der Waals surface area (Å²) in [6, 6.07) is 11.1. The van der Waals surface area contributed by atoms with E-state index in [4.69, 9.17) is 4.42 Å². The summed E-state index contributed by atoms with van der Waals surface area (Å²) < 4.78 is 45.7. The van der Waals surface area contributed by atoms with Crippen molar-refractivity contribution in [3.63, 3.8) is 0 Å². The second kappa shape index (κ2) is 10.1. The van der Waals surface area contributed by atoms with Gasteiger partial charge in [-0.25, -0.2) is 4.98 Å². The number of nitrogens with zero attached hydrogens (tertiary/aromatic N) is 2. The molecule has 1 N–H and O–H groups in total. The number of benzene rings is 2. The molecule has 1 aliphatic heterocycles. The van der Waals surface area contributed by atoms with Crippen molar-refractivity contribution >= 4 is 45.9 Å². The SMILES string of the molecule is Cc1cccc(-c2sc(C)nc2C(=O)N2CCSC2CNC(=O)c2cc(C(F)(F)F)cc3oc(C)cc23)c1. The number of carbonyl (C=O) groups is 2. The van der Waals surface area contributed by atoms with Crippen LogP contribution in [0, 0.1) is 20.8 Å². The molecule has 2 amide bonds. The van der Waals surface area contributed by atoms with Gasteiger partial charge in [-0.15, -0.1) is 23.1 Å². The molecule has 4 aromatic rings. The van der Waals surface area contributed by atoms with E-state index in [0.29, 0.717) is 29.1 Å². The zero-order chi connectivity index (χ0) is 27.2. The minimum Gasteiger partial charge on any atom is -0.461 e. The quantitative estimate of drug-likeness (QED) is 0.304. The van der Waals surface area contributed by atoms with Crippen molar-refractivity contribution in [2.75, 3.05) is 18.8 Å². The Hall–Kier alpha value is -3.31. The van der Waals surface area contributed by atoms with E-state index >= 15 is 0 Å². The molecule has 198 valence electrons. The number of rotatable bonds is 5. The summed E-state index contributed by atoms with van der Waals surface area (Å²) in [6.45, 7) is 6.00. The van der Waals surface area contributed by atoms with E-state index in [0.717, 1.165) is 33.1 Å². The van der Waals surface area contributed by atoms with Crippen molar-refractivity contribution in [1.29, 1.82) is 0 Å². The Morgan fingerprint density at radius 1 is 1.16 bits per heavy atom. The third kappa shape index (κ3) is 5.17. The normalized spacial score (nSPS) is 15.8. The number of amides is 2. The highest BCUT2D eigenvalue weighted by molar-refractivity contribution is 8.00. The van der Waals surface area contributed by atoms with Gasteiger partial charge >= 0.3 is 6.18 Å². The van der Waals surface area contributed by atoms with Gasteiger partial charge in [0.2, 0.25) is 0 Å². The van der Waals surface area contributed by atoms with Crippen LogP contribution in [0.5, 0.6) is 0 Å². The van der Waals surface area contributed by atoms with Gasteiger partial charge in [0.15, 0.2) is 0 Å². The van der Waals surface area contributed by atoms with Crippen LogP contribution in [0.2, 0.25) is 0 Å². The fraction of sp³-hybridized carbons (Fsp3) is 0.296. The molecule has 1 fully saturated rings. The Bertz CT molecular complexity index is 1540. The first kappa shape index (κ1) is 26.3. The maximum absolute atomic E-state index is 13.6. The van der Waals surface area contributed by atoms with Gasteiger partial charge in [0.05, 0.1) is 26.4 Å². The lowest BCUT2D eigenvalue weighted by molar-refractivity contribution is -0.137. The highest BCUT2D eigenvalue weighted by atomic mass is 32.2. The largest absolute Gasteiger partial charge is 0.461 e. The Balaban J connectivity index is 1.37. The van der Waals surface area contributed by atoms with E-state index in [-0.39, 0.29) is 29.0 Å². The number of nitrogens with one attached hydrogen (secondary N) is 1. The standard InChI is InChI=1S/C27H24F3N3O3S2/c1-14-5-4-6-17(9-14)24-23(32-16(3)38-24)26(35)33-7-8-37-22(33)13-31-25(34)20-11-18(27(28,29)30)12-21-19(20)10-15(2)36-21/h4-6,9-12,22H,7-8,13H2,1-3H3,(H,31,34). The number of alkyl halides is 3.